The summed E-state index contributed by atoms with van der Waals surface area (Å²) in [4.78, 5) is 11.9. The van der Waals surface area contributed by atoms with Crippen LogP contribution >= 0.6 is 0 Å². The van der Waals surface area contributed by atoms with Gasteiger partial charge in [0, 0.05) is 12.0 Å². The second-order valence-electron chi connectivity index (χ2n) is 6.16. The summed E-state index contributed by atoms with van der Waals surface area (Å²) in [7, 11) is 0. The summed E-state index contributed by atoms with van der Waals surface area (Å²) in [6, 6.07) is 0. The van der Waals surface area contributed by atoms with Crippen LogP contribution in [0, 0.1) is 5.92 Å². The number of hydrogen-bond donors (Lipinski definition) is 0. The molecule has 0 saturated heterocycles. The van der Waals surface area contributed by atoms with E-state index in [1.807, 2.05) is 4.68 Å². The fraction of sp³-hybridized carbons (Fsp3) is 0.786. The lowest BCUT2D eigenvalue weighted by Gasteiger charge is -2.21. The molecule has 0 radical (unpaired) electrons. The van der Waals surface area contributed by atoms with Crippen LogP contribution in [0.25, 0.3) is 0 Å². The summed E-state index contributed by atoms with van der Waals surface area (Å²) in [6.45, 7) is 13.4. The van der Waals surface area contributed by atoms with E-state index in [-0.39, 0.29) is 11.4 Å². The van der Waals surface area contributed by atoms with Gasteiger partial charge in [-0.1, -0.05) is 39.8 Å². The normalized spacial score (nSPS) is 11.9. The lowest BCUT2D eigenvalue weighted by Crippen LogP contribution is -2.23. The van der Waals surface area contributed by atoms with E-state index in [4.69, 9.17) is 4.74 Å². The third kappa shape index (κ3) is 4.04. The van der Waals surface area contributed by atoms with Gasteiger partial charge in [0.2, 0.25) is 0 Å². The van der Waals surface area contributed by atoms with Crippen molar-refractivity contribution in [2.24, 2.45) is 5.92 Å². The van der Waals surface area contributed by atoms with Crippen molar-refractivity contribution < 1.29 is 9.53 Å². The van der Waals surface area contributed by atoms with Crippen LogP contribution in [0.1, 0.15) is 64.1 Å². The molecule has 0 spiro atoms. The Hall–Kier alpha value is -1.39. The molecular weight excluding hydrogens is 242 g/mol. The van der Waals surface area contributed by atoms with Gasteiger partial charge in [0.1, 0.15) is 0 Å². The van der Waals surface area contributed by atoms with E-state index < -0.39 is 0 Å². The highest BCUT2D eigenvalue weighted by Crippen LogP contribution is 2.25. The van der Waals surface area contributed by atoms with Gasteiger partial charge < -0.3 is 4.74 Å². The SMILES string of the molecule is CCOC(=O)c1nnn(CCC(C)C)c1C(C)(C)C. The maximum absolute atomic E-state index is 11.9. The average Bonchev–Trinajstić information content (AvgIpc) is 2.70. The quantitative estimate of drug-likeness (QED) is 0.770. The molecule has 0 saturated carbocycles. The van der Waals surface area contributed by atoms with Crippen LogP contribution < -0.4 is 0 Å². The van der Waals surface area contributed by atoms with Gasteiger partial charge >= 0.3 is 5.97 Å². The summed E-state index contributed by atoms with van der Waals surface area (Å²) < 4.78 is 6.89. The van der Waals surface area contributed by atoms with Crippen LogP contribution in [0.4, 0.5) is 0 Å². The van der Waals surface area contributed by atoms with Crippen LogP contribution in [-0.4, -0.2) is 27.6 Å². The van der Waals surface area contributed by atoms with Gasteiger partial charge in [-0.3, -0.25) is 0 Å². The molecule has 5 heteroatoms. The van der Waals surface area contributed by atoms with Crippen LogP contribution in [0.15, 0.2) is 0 Å². The molecule has 108 valence electrons. The van der Waals surface area contributed by atoms with Crippen LogP contribution in [0.2, 0.25) is 0 Å². The average molecular weight is 267 g/mol. The van der Waals surface area contributed by atoms with Gasteiger partial charge in [0.25, 0.3) is 0 Å². The molecule has 0 aliphatic heterocycles. The van der Waals surface area contributed by atoms with Crippen molar-refractivity contribution in [3.63, 3.8) is 0 Å². The predicted molar refractivity (Wildman–Crippen MR) is 74.1 cm³/mol. The fourth-order valence-electron chi connectivity index (χ4n) is 1.93. The molecule has 0 aliphatic rings. The molecular formula is C14H25N3O2. The second kappa shape index (κ2) is 6.17. The third-order valence-corrected chi connectivity index (χ3v) is 2.83. The summed E-state index contributed by atoms with van der Waals surface area (Å²) in [5.41, 5.74) is 1.01. The van der Waals surface area contributed by atoms with Crippen molar-refractivity contribution in [3.8, 4) is 0 Å². The molecule has 1 rings (SSSR count). The van der Waals surface area contributed by atoms with Gasteiger partial charge in [-0.25, -0.2) is 9.48 Å². The highest BCUT2D eigenvalue weighted by atomic mass is 16.5. The minimum atomic E-state index is -0.386. The largest absolute Gasteiger partial charge is 0.461 e. The molecule has 0 atom stereocenters. The first kappa shape index (κ1) is 15.7. The van der Waals surface area contributed by atoms with E-state index >= 15 is 0 Å². The minimum absolute atomic E-state index is 0.192. The smallest absolute Gasteiger partial charge is 0.360 e. The summed E-state index contributed by atoms with van der Waals surface area (Å²) in [6.07, 6.45) is 1.01. The number of esters is 1. The number of ether oxygens (including phenoxy) is 1. The van der Waals surface area contributed by atoms with E-state index in [0.717, 1.165) is 18.7 Å². The van der Waals surface area contributed by atoms with Gasteiger partial charge in [0.05, 0.1) is 12.3 Å². The van der Waals surface area contributed by atoms with Gasteiger partial charge in [0.15, 0.2) is 5.69 Å². The van der Waals surface area contributed by atoms with Crippen molar-refractivity contribution in [2.75, 3.05) is 6.61 Å². The maximum Gasteiger partial charge on any atom is 0.360 e. The Labute approximate surface area is 115 Å². The summed E-state index contributed by atoms with van der Waals surface area (Å²) in [5, 5.41) is 8.14. The third-order valence-electron chi connectivity index (χ3n) is 2.83. The lowest BCUT2D eigenvalue weighted by molar-refractivity contribution is 0.0516. The summed E-state index contributed by atoms with van der Waals surface area (Å²) >= 11 is 0. The number of aryl methyl sites for hydroxylation is 1. The number of hydrogen-bond acceptors (Lipinski definition) is 4. The van der Waals surface area contributed by atoms with Crippen molar-refractivity contribution in [1.82, 2.24) is 15.0 Å². The zero-order valence-electron chi connectivity index (χ0n) is 12.9. The van der Waals surface area contributed by atoms with E-state index in [2.05, 4.69) is 44.9 Å². The lowest BCUT2D eigenvalue weighted by atomic mass is 9.90. The molecule has 5 nitrogen and oxygen atoms in total. The van der Waals surface area contributed by atoms with Gasteiger partial charge in [-0.2, -0.15) is 0 Å². The Morgan fingerprint density at radius 2 is 2.00 bits per heavy atom. The van der Waals surface area contributed by atoms with E-state index in [0.29, 0.717) is 18.2 Å². The summed E-state index contributed by atoms with van der Waals surface area (Å²) in [5.74, 6) is 0.200. The van der Waals surface area contributed by atoms with Gasteiger partial charge in [-0.05, 0) is 19.3 Å². The van der Waals surface area contributed by atoms with Crippen molar-refractivity contribution >= 4 is 5.97 Å². The molecule has 0 aromatic carbocycles. The van der Waals surface area contributed by atoms with Crippen LogP contribution in [-0.2, 0) is 16.7 Å². The first-order valence-corrected chi connectivity index (χ1v) is 6.88. The Morgan fingerprint density at radius 1 is 1.37 bits per heavy atom. The Balaban J connectivity index is 3.09. The van der Waals surface area contributed by atoms with E-state index in [9.17, 15) is 4.79 Å². The first-order chi connectivity index (χ1) is 8.77. The first-order valence-electron chi connectivity index (χ1n) is 6.88. The Kier molecular flexibility index (Phi) is 5.09. The van der Waals surface area contributed by atoms with Crippen molar-refractivity contribution in [1.29, 1.82) is 0 Å². The minimum Gasteiger partial charge on any atom is -0.461 e. The maximum atomic E-state index is 11.9. The topological polar surface area (TPSA) is 57.0 Å². The zero-order valence-corrected chi connectivity index (χ0v) is 12.9. The molecule has 19 heavy (non-hydrogen) atoms. The number of rotatable bonds is 5. The number of carbonyl (C=O) groups is 1. The number of carbonyl (C=O) groups excluding carboxylic acids is 1. The molecule has 0 unspecified atom stereocenters. The molecule has 1 aromatic heterocycles. The van der Waals surface area contributed by atoms with Crippen molar-refractivity contribution in [2.45, 2.75) is 59.9 Å². The molecule has 1 heterocycles. The monoisotopic (exact) mass is 267 g/mol. The molecule has 0 N–H and O–H groups in total. The number of nitrogens with zero attached hydrogens (tertiary/aromatic N) is 3. The molecule has 0 bridgehead atoms. The van der Waals surface area contributed by atoms with E-state index in [1.165, 1.54) is 0 Å². The Bertz CT molecular complexity index is 430. The molecule has 1 aromatic rings. The van der Waals surface area contributed by atoms with Crippen LogP contribution in [0.3, 0.4) is 0 Å². The predicted octanol–water partition coefficient (Wildman–Crippen LogP) is 2.80. The molecule has 0 fully saturated rings. The zero-order chi connectivity index (χ0) is 14.6. The van der Waals surface area contributed by atoms with Crippen molar-refractivity contribution in [3.05, 3.63) is 11.4 Å². The highest BCUT2D eigenvalue weighted by molar-refractivity contribution is 5.88. The molecule has 0 aliphatic carbocycles. The number of aromatic nitrogens is 3. The highest BCUT2D eigenvalue weighted by Gasteiger charge is 2.29. The van der Waals surface area contributed by atoms with E-state index in [1.54, 1.807) is 6.92 Å². The van der Waals surface area contributed by atoms with Crippen LogP contribution in [0.5, 0.6) is 0 Å². The molecule has 0 amide bonds. The standard InChI is InChI=1S/C14H25N3O2/c1-7-19-13(18)11-12(14(4,5)6)17(16-15-11)9-8-10(2)3/h10H,7-9H2,1-6H3. The fourth-order valence-corrected chi connectivity index (χ4v) is 1.93. The Morgan fingerprint density at radius 3 is 2.47 bits per heavy atom. The van der Waals surface area contributed by atoms with Gasteiger partial charge in [-0.15, -0.1) is 5.10 Å². The second-order valence-corrected chi connectivity index (χ2v) is 6.16.